The first-order valence-corrected chi connectivity index (χ1v) is 17.8. The van der Waals surface area contributed by atoms with Crippen molar-refractivity contribution in [3.8, 4) is 12.1 Å². The summed E-state index contributed by atoms with van der Waals surface area (Å²) in [5, 5.41) is 51.7. The van der Waals surface area contributed by atoms with Gasteiger partial charge in [-0.3, -0.25) is 30.7 Å². The summed E-state index contributed by atoms with van der Waals surface area (Å²) >= 11 is 12.1. The van der Waals surface area contributed by atoms with E-state index in [0.717, 1.165) is 0 Å². The van der Waals surface area contributed by atoms with Gasteiger partial charge in [0.15, 0.2) is 6.04 Å². The zero-order chi connectivity index (χ0) is 44.4. The third-order valence-corrected chi connectivity index (χ3v) is 9.05. The quantitative estimate of drug-likeness (QED) is 0.0426. The second-order valence-electron chi connectivity index (χ2n) is 12.2. The number of benzene rings is 4. The Labute approximate surface area is 349 Å². The molecule has 0 aromatic heterocycles. The minimum atomic E-state index is -1.16. The number of aliphatic carboxylic acids is 1. The Morgan fingerprint density at radius 2 is 1.07 bits per heavy atom. The number of aliphatic hydroxyl groups is 2. The number of carbonyl (C=O) groups is 4. The smallest absolute Gasteiger partial charge is 0.328 e. The molecule has 4 rings (SSSR count). The van der Waals surface area contributed by atoms with E-state index in [4.69, 9.17) is 57.8 Å². The van der Waals surface area contributed by atoms with Crippen molar-refractivity contribution < 1.29 is 34.5 Å². The molecule has 0 aliphatic heterocycles. The minimum Gasteiger partial charge on any atom is -0.480 e. The predicted molar refractivity (Wildman–Crippen MR) is 220 cm³/mol. The second kappa shape index (κ2) is 23.1. The van der Waals surface area contributed by atoms with E-state index in [-0.39, 0.29) is 27.2 Å². The number of rotatable bonds is 10. The number of amides is 3. The van der Waals surface area contributed by atoms with Crippen molar-refractivity contribution in [3.05, 3.63) is 139 Å². The van der Waals surface area contributed by atoms with Crippen LogP contribution in [-0.2, 0) is 9.59 Å². The molecule has 19 heteroatoms. The zero-order valence-electron chi connectivity index (χ0n) is 31.8. The lowest BCUT2D eigenvalue weighted by Crippen LogP contribution is -2.52. The van der Waals surface area contributed by atoms with Crippen molar-refractivity contribution in [2.45, 2.75) is 52.0 Å². The molecular weight excluding hydrogens is 803 g/mol. The molecule has 3 amide bonds. The molecule has 4 aromatic rings. The van der Waals surface area contributed by atoms with E-state index in [1.165, 1.54) is 50.2 Å². The molecule has 0 radical (unpaired) electrons. The Balaban J connectivity index is 0.000000339. The van der Waals surface area contributed by atoms with Crippen molar-refractivity contribution in [1.29, 1.82) is 10.5 Å². The van der Waals surface area contributed by atoms with Crippen molar-refractivity contribution >= 4 is 69.6 Å². The highest BCUT2D eigenvalue weighted by Crippen LogP contribution is 2.34. The number of nitrogens with zero attached hydrogens (tertiary/aromatic N) is 4. The van der Waals surface area contributed by atoms with Gasteiger partial charge < -0.3 is 26.0 Å². The van der Waals surface area contributed by atoms with Gasteiger partial charge in [-0.05, 0) is 99.5 Å². The largest absolute Gasteiger partial charge is 0.480 e. The number of hydrogen-bond acceptors (Lipinski definition) is 11. The fourth-order valence-corrected chi connectivity index (χ4v) is 5.11. The number of hydrogen-bond donors (Lipinski definition) is 9. The van der Waals surface area contributed by atoms with Crippen LogP contribution in [0, 0.1) is 49.7 Å². The first-order chi connectivity index (χ1) is 27.9. The van der Waals surface area contributed by atoms with Gasteiger partial charge in [-0.1, -0.05) is 35.3 Å². The fraction of sp³-hybridized carbons (Fsp3) is 0.200. The molecule has 0 saturated carbocycles. The average Bonchev–Trinajstić information content (AvgIpc) is 3.23. The molecule has 0 aliphatic carbocycles. The van der Waals surface area contributed by atoms with Gasteiger partial charge in [0.05, 0.1) is 58.7 Å². The normalized spacial score (nSPS) is 11.8. The van der Waals surface area contributed by atoms with Crippen molar-refractivity contribution in [3.63, 3.8) is 0 Å². The van der Waals surface area contributed by atoms with Crippen LogP contribution in [0.15, 0.2) is 72.8 Å². The molecule has 304 valence electrons. The summed E-state index contributed by atoms with van der Waals surface area (Å²) in [7, 11) is 0. The Hall–Kier alpha value is -7.22. The molecule has 4 aromatic carbocycles. The Kier molecular flexibility index (Phi) is 18.8. The maximum atomic E-state index is 12.5. The van der Waals surface area contributed by atoms with Gasteiger partial charge in [-0.25, -0.2) is 20.3 Å². The first-order valence-electron chi connectivity index (χ1n) is 17.0. The van der Waals surface area contributed by atoms with Crippen molar-refractivity contribution in [1.82, 2.24) is 16.3 Å². The van der Waals surface area contributed by atoms with Crippen molar-refractivity contribution in [2.24, 2.45) is 5.84 Å². The summed E-state index contributed by atoms with van der Waals surface area (Å²) in [4.78, 5) is 53.0. The number of anilines is 2. The molecule has 0 fully saturated rings. The Bertz CT molecular complexity index is 2330. The Morgan fingerprint density at radius 1 is 0.678 bits per heavy atom. The monoisotopic (exact) mass is 840 g/mol. The lowest BCUT2D eigenvalue weighted by Gasteiger charge is -2.23. The molecule has 0 unspecified atom stereocenters. The molecule has 0 heterocycles. The summed E-state index contributed by atoms with van der Waals surface area (Å²) in [6.45, 7) is 20.2. The number of nitrogens with one attached hydrogen (secondary N) is 5. The summed E-state index contributed by atoms with van der Waals surface area (Å²) in [6, 6.07) is 19.9. The van der Waals surface area contributed by atoms with Crippen LogP contribution >= 0.6 is 23.2 Å². The van der Waals surface area contributed by atoms with E-state index in [9.17, 15) is 29.4 Å². The lowest BCUT2D eigenvalue weighted by molar-refractivity contribution is -0.140. The highest BCUT2D eigenvalue weighted by atomic mass is 35.5. The number of aliphatic hydroxyl groups excluding tert-OH is 2. The third-order valence-electron chi connectivity index (χ3n) is 8.09. The van der Waals surface area contributed by atoms with Gasteiger partial charge in [0, 0.05) is 22.5 Å². The third kappa shape index (κ3) is 13.7. The van der Waals surface area contributed by atoms with Gasteiger partial charge in [0.1, 0.15) is 6.04 Å². The SMILES string of the molecule is N#Cc1ccc(C(=O)NN)cc1.[C-]#[N+]c1ccc(N[C@@H](C(=O)NNC(=O)c2ccc(C#N)cc2)[C@H](C)O)c(C)c1Cl.[C-]#[N+]c1ccc(N[C@@H](C(=O)O)[C@H](C)O)c(C)c1Cl. The fourth-order valence-electron chi connectivity index (χ4n) is 4.70. The number of halogens is 2. The van der Waals surface area contributed by atoms with Crippen LogP contribution in [0.1, 0.15) is 56.8 Å². The molecular formula is C40H38Cl2N10O7. The summed E-state index contributed by atoms with van der Waals surface area (Å²) in [5.74, 6) is 2.14. The number of carboxylic acid groups (broad SMARTS) is 1. The molecule has 0 bridgehead atoms. The zero-order valence-corrected chi connectivity index (χ0v) is 33.3. The summed E-state index contributed by atoms with van der Waals surface area (Å²) < 4.78 is 0. The maximum Gasteiger partial charge on any atom is 0.328 e. The van der Waals surface area contributed by atoms with Crippen LogP contribution in [0.2, 0.25) is 10.0 Å². The molecule has 0 aliphatic rings. The van der Waals surface area contributed by atoms with E-state index >= 15 is 0 Å². The molecule has 59 heavy (non-hydrogen) atoms. The highest BCUT2D eigenvalue weighted by molar-refractivity contribution is 6.35. The second-order valence-corrected chi connectivity index (χ2v) is 13.0. The molecule has 0 saturated heterocycles. The average molecular weight is 842 g/mol. The van der Waals surface area contributed by atoms with Crippen LogP contribution in [0.3, 0.4) is 0 Å². The van der Waals surface area contributed by atoms with E-state index < -0.39 is 42.1 Å². The van der Waals surface area contributed by atoms with Crippen LogP contribution in [0.25, 0.3) is 9.69 Å². The number of nitrogen functional groups attached to an aromatic ring is 1. The van der Waals surface area contributed by atoms with E-state index in [0.29, 0.717) is 44.9 Å². The molecule has 0 spiro atoms. The van der Waals surface area contributed by atoms with E-state index in [2.05, 4.69) is 31.2 Å². The highest BCUT2D eigenvalue weighted by Gasteiger charge is 2.26. The number of nitriles is 2. The number of carbonyl (C=O) groups excluding carboxylic acids is 3. The maximum absolute atomic E-state index is 12.5. The molecule has 17 nitrogen and oxygen atoms in total. The lowest BCUT2D eigenvalue weighted by atomic mass is 10.1. The van der Waals surface area contributed by atoms with E-state index in [1.54, 1.807) is 50.2 Å². The van der Waals surface area contributed by atoms with Gasteiger partial charge >= 0.3 is 5.97 Å². The van der Waals surface area contributed by atoms with E-state index in [1.807, 2.05) is 17.6 Å². The van der Waals surface area contributed by atoms with Crippen LogP contribution < -0.4 is 32.8 Å². The number of carboxylic acids is 1. The molecule has 4 atom stereocenters. The minimum absolute atomic E-state index is 0.253. The molecule has 10 N–H and O–H groups in total. The summed E-state index contributed by atoms with van der Waals surface area (Å²) in [6.07, 6.45) is -2.15. The van der Waals surface area contributed by atoms with Gasteiger partial charge in [0.25, 0.3) is 17.7 Å². The first kappa shape index (κ1) is 47.9. The predicted octanol–water partition coefficient (Wildman–Crippen LogP) is 5.30. The van der Waals surface area contributed by atoms with Crippen LogP contribution in [0.4, 0.5) is 22.7 Å². The Morgan fingerprint density at radius 3 is 1.41 bits per heavy atom. The summed E-state index contributed by atoms with van der Waals surface area (Å²) in [5.41, 5.74) is 10.8. The van der Waals surface area contributed by atoms with Gasteiger partial charge in [-0.15, -0.1) is 0 Å². The van der Waals surface area contributed by atoms with Gasteiger partial charge in [-0.2, -0.15) is 10.5 Å². The standard InChI is InChI=1S/C20H18ClN5O3.C12H13ClN2O3.C8H7N3O/c1-11-15(8-9-16(23-3)17(11)21)24-18(12(2)27)20(29)26-25-19(28)14-6-4-13(10-22)5-7-14;1-6-8(4-5-9(14-3)10(6)13)15-11(7(2)16)12(17)18;9-5-6-1-3-7(4-2-6)8(12)11-10/h4-9,12,18,24,27H,1-2H3,(H,25,28)(H,26,29);4-5,7,11,15-16H,1-2H3,(H,17,18);1-4H,10H2,(H,11,12)/t12-,18+;7-,11+;/m00./s1. The topological polar surface area (TPSA) is 271 Å². The van der Waals surface area contributed by atoms with Gasteiger partial charge in [0.2, 0.25) is 11.4 Å². The number of hydrazine groups is 2. The van der Waals surface area contributed by atoms with Crippen LogP contribution in [-0.4, -0.2) is 63.3 Å². The number of nitrogens with two attached hydrogens (primary N) is 1. The van der Waals surface area contributed by atoms with Crippen molar-refractivity contribution in [2.75, 3.05) is 10.6 Å². The van der Waals surface area contributed by atoms with Crippen LogP contribution in [0.5, 0.6) is 0 Å².